The fourth-order valence-electron chi connectivity index (χ4n) is 0. The molecule has 0 heterocycles. The van der Waals surface area contributed by atoms with Crippen molar-refractivity contribution in [2.75, 3.05) is 0 Å². The van der Waals surface area contributed by atoms with Crippen LogP contribution in [0.2, 0.25) is 0 Å². The molecule has 0 aliphatic rings. The molecular formula is FeMnNiV. The molecule has 0 aliphatic heterocycles. The summed E-state index contributed by atoms with van der Waals surface area (Å²) in [7, 11) is 0. The Balaban J connectivity index is 0. The van der Waals surface area contributed by atoms with Crippen LogP contribution in [0.25, 0.3) is 0 Å². The molecule has 0 aromatic carbocycles. The second-order valence-corrected chi connectivity index (χ2v) is 0. The second kappa shape index (κ2) is 19.4. The molecule has 0 nitrogen and oxygen atoms in total. The molecule has 0 saturated carbocycles. The molecule has 0 rings (SSSR count). The zero-order valence-corrected chi connectivity index (χ0v) is 6.16. The van der Waals surface area contributed by atoms with Crippen molar-refractivity contribution < 1.29 is 69.2 Å². The molecular weight excluding hydrogens is 220 g/mol. The van der Waals surface area contributed by atoms with Crippen LogP contribution in [0.3, 0.4) is 0 Å². The van der Waals surface area contributed by atoms with Crippen molar-refractivity contribution in [2.24, 2.45) is 0 Å². The van der Waals surface area contributed by atoms with E-state index in [2.05, 4.69) is 0 Å². The fraction of sp³-hybridized carbons (Fsp3) is 0. The van der Waals surface area contributed by atoms with Gasteiger partial charge < -0.3 is 0 Å². The van der Waals surface area contributed by atoms with E-state index in [1.165, 1.54) is 0 Å². The topological polar surface area (TPSA) is 0 Å². The summed E-state index contributed by atoms with van der Waals surface area (Å²) in [5, 5.41) is 0. The summed E-state index contributed by atoms with van der Waals surface area (Å²) in [5.41, 5.74) is 0. The van der Waals surface area contributed by atoms with Crippen molar-refractivity contribution in [1.82, 2.24) is 0 Å². The summed E-state index contributed by atoms with van der Waals surface area (Å²) in [5.74, 6) is 0. The predicted octanol–water partition coefficient (Wildman–Crippen LogP) is -0.0100. The van der Waals surface area contributed by atoms with Gasteiger partial charge in [-0.1, -0.05) is 0 Å². The maximum absolute atomic E-state index is 0. The molecule has 0 unspecified atom stereocenters. The third kappa shape index (κ3) is 8.93. The van der Waals surface area contributed by atoms with Gasteiger partial charge in [-0.3, -0.25) is 0 Å². The molecule has 4 heteroatoms. The molecule has 0 saturated heterocycles. The van der Waals surface area contributed by atoms with Gasteiger partial charge in [0, 0.05) is 69.2 Å². The van der Waals surface area contributed by atoms with Gasteiger partial charge in [-0.2, -0.15) is 0 Å². The van der Waals surface area contributed by atoms with Gasteiger partial charge in [0.25, 0.3) is 0 Å². The van der Waals surface area contributed by atoms with Crippen molar-refractivity contribution >= 4 is 0 Å². The number of hydrogen-bond acceptors (Lipinski definition) is 0. The molecule has 2 radical (unpaired) electrons. The number of hydrogen-bond donors (Lipinski definition) is 0. The van der Waals surface area contributed by atoms with E-state index in [1.54, 1.807) is 0 Å². The molecule has 0 spiro atoms. The van der Waals surface area contributed by atoms with Crippen molar-refractivity contribution in [3.05, 3.63) is 0 Å². The standard InChI is InChI=1S/Fe.Mn.Ni.V. The Bertz CT molecular complexity index is 8.00. The van der Waals surface area contributed by atoms with Gasteiger partial charge in [-0.15, -0.1) is 0 Å². The van der Waals surface area contributed by atoms with Crippen LogP contribution in [-0.2, 0) is 69.2 Å². The van der Waals surface area contributed by atoms with Crippen LogP contribution in [0.1, 0.15) is 0 Å². The van der Waals surface area contributed by atoms with Gasteiger partial charge in [0.15, 0.2) is 0 Å². The molecule has 0 amide bonds. The van der Waals surface area contributed by atoms with Crippen LogP contribution in [0.15, 0.2) is 0 Å². The molecule has 0 aromatic heterocycles. The average Bonchev–Trinajstić information content (AvgIpc) is 0. The van der Waals surface area contributed by atoms with Crippen LogP contribution < -0.4 is 0 Å². The molecule has 30 valence electrons. The van der Waals surface area contributed by atoms with Gasteiger partial charge in [-0.25, -0.2) is 0 Å². The van der Waals surface area contributed by atoms with Gasteiger partial charge >= 0.3 is 0 Å². The van der Waals surface area contributed by atoms with Crippen LogP contribution >= 0.6 is 0 Å². The summed E-state index contributed by atoms with van der Waals surface area (Å²) in [6.45, 7) is 0. The second-order valence-electron chi connectivity index (χ2n) is 0. The van der Waals surface area contributed by atoms with E-state index in [0.717, 1.165) is 0 Å². The maximum Gasteiger partial charge on any atom is 0 e. The Morgan fingerprint density at radius 3 is 1.00 bits per heavy atom. The Kier molecular flexibility index (Phi) is 173. The van der Waals surface area contributed by atoms with Crippen LogP contribution in [0.4, 0.5) is 0 Å². The zero-order valence-electron chi connectivity index (χ0n) is 1.49. The third-order valence-corrected chi connectivity index (χ3v) is 0. The SMILES string of the molecule is [Fe].[Mn].[Ni].[V]. The maximum atomic E-state index is 0. The van der Waals surface area contributed by atoms with E-state index in [0.29, 0.717) is 0 Å². The molecule has 0 aromatic rings. The minimum absolute atomic E-state index is 0. The quantitative estimate of drug-likeness (QED) is 0.504. The fourth-order valence-corrected chi connectivity index (χ4v) is 0. The Morgan fingerprint density at radius 2 is 1.00 bits per heavy atom. The van der Waals surface area contributed by atoms with Gasteiger partial charge in [0.2, 0.25) is 0 Å². The van der Waals surface area contributed by atoms with Crippen LogP contribution in [0, 0.1) is 0 Å². The molecule has 0 aliphatic carbocycles. The summed E-state index contributed by atoms with van der Waals surface area (Å²) >= 11 is 0. The third-order valence-electron chi connectivity index (χ3n) is 0. The molecule has 0 atom stereocenters. The molecule has 4 heavy (non-hydrogen) atoms. The summed E-state index contributed by atoms with van der Waals surface area (Å²) in [4.78, 5) is 0. The smallest absolute Gasteiger partial charge is 0 e. The first-order valence-electron chi connectivity index (χ1n) is 0. The van der Waals surface area contributed by atoms with E-state index in [1.807, 2.05) is 0 Å². The van der Waals surface area contributed by atoms with Crippen molar-refractivity contribution in [3.8, 4) is 0 Å². The van der Waals surface area contributed by atoms with Crippen LogP contribution in [-0.4, -0.2) is 0 Å². The Morgan fingerprint density at radius 1 is 1.00 bits per heavy atom. The van der Waals surface area contributed by atoms with Crippen LogP contribution in [0.5, 0.6) is 0 Å². The van der Waals surface area contributed by atoms with Gasteiger partial charge in [0.05, 0.1) is 0 Å². The minimum atomic E-state index is 0. The van der Waals surface area contributed by atoms with Crippen molar-refractivity contribution in [1.29, 1.82) is 0 Å². The first kappa shape index (κ1) is 35.7. The largest absolute Gasteiger partial charge is 0 e. The number of rotatable bonds is 0. The van der Waals surface area contributed by atoms with Gasteiger partial charge in [-0.05, 0) is 0 Å². The molecule has 0 bridgehead atoms. The monoisotopic (exact) mass is 220 g/mol. The van der Waals surface area contributed by atoms with Crippen molar-refractivity contribution in [3.63, 3.8) is 0 Å². The van der Waals surface area contributed by atoms with E-state index >= 15 is 0 Å². The minimum Gasteiger partial charge on any atom is 0 e. The van der Waals surface area contributed by atoms with E-state index in [4.69, 9.17) is 0 Å². The zero-order chi connectivity index (χ0) is 0. The van der Waals surface area contributed by atoms with E-state index in [-0.39, 0.29) is 69.2 Å². The first-order valence-corrected chi connectivity index (χ1v) is 0. The summed E-state index contributed by atoms with van der Waals surface area (Å²) in [6, 6.07) is 0. The summed E-state index contributed by atoms with van der Waals surface area (Å²) in [6.07, 6.45) is 0. The first-order chi connectivity index (χ1) is 0. The Hall–Kier alpha value is 2.12. The van der Waals surface area contributed by atoms with Crippen molar-refractivity contribution in [2.45, 2.75) is 0 Å². The van der Waals surface area contributed by atoms with E-state index in [9.17, 15) is 0 Å². The van der Waals surface area contributed by atoms with Gasteiger partial charge in [0.1, 0.15) is 0 Å². The Labute approximate surface area is 68.6 Å². The molecule has 0 fully saturated rings. The normalized spacial score (nSPS) is 0. The van der Waals surface area contributed by atoms with E-state index < -0.39 is 0 Å². The summed E-state index contributed by atoms with van der Waals surface area (Å²) < 4.78 is 0. The predicted molar refractivity (Wildman–Crippen MR) is 0 cm³/mol. The average molecular weight is 220 g/mol. The molecule has 0 N–H and O–H groups in total.